The third kappa shape index (κ3) is 2.89. The highest BCUT2D eigenvalue weighted by Crippen LogP contribution is 2.38. The third-order valence-corrected chi connectivity index (χ3v) is 4.09. The topological polar surface area (TPSA) is 50.2 Å². The van der Waals surface area contributed by atoms with Crippen LogP contribution in [0.1, 0.15) is 15.4 Å². The van der Waals surface area contributed by atoms with Gasteiger partial charge in [-0.2, -0.15) is 13.2 Å². The van der Waals surface area contributed by atoms with Crippen LogP contribution in [0.2, 0.25) is 10.0 Å². The van der Waals surface area contributed by atoms with Gasteiger partial charge in [0.05, 0.1) is 10.0 Å². The molecule has 2 aromatic rings. The highest BCUT2D eigenvalue weighted by molar-refractivity contribution is 7.17. The van der Waals surface area contributed by atoms with Crippen molar-refractivity contribution in [3.8, 4) is 10.6 Å². The first-order valence-electron chi connectivity index (χ1n) is 4.97. The van der Waals surface area contributed by atoms with E-state index in [0.29, 0.717) is 11.3 Å². The van der Waals surface area contributed by atoms with Gasteiger partial charge in [0.1, 0.15) is 9.88 Å². The van der Waals surface area contributed by atoms with Crippen molar-refractivity contribution in [3.05, 3.63) is 38.8 Å². The maximum atomic E-state index is 12.7. The first-order valence-corrected chi connectivity index (χ1v) is 6.54. The molecule has 0 fully saturated rings. The number of alkyl halides is 3. The van der Waals surface area contributed by atoms with E-state index >= 15 is 0 Å². The molecule has 0 spiro atoms. The Labute approximate surface area is 124 Å². The molecule has 1 aromatic carbocycles. The molecular formula is C11H4Cl2F3NO2S. The molecular weight excluding hydrogens is 338 g/mol. The smallest absolute Gasteiger partial charge is 0.435 e. The molecule has 0 radical (unpaired) electrons. The summed E-state index contributed by atoms with van der Waals surface area (Å²) in [4.78, 5) is 13.3. The molecule has 20 heavy (non-hydrogen) atoms. The van der Waals surface area contributed by atoms with Crippen LogP contribution in [0.5, 0.6) is 0 Å². The van der Waals surface area contributed by atoms with Crippen LogP contribution in [0.25, 0.3) is 10.6 Å². The monoisotopic (exact) mass is 341 g/mol. The number of carboxylic acid groups (broad SMARTS) is 1. The van der Waals surface area contributed by atoms with Gasteiger partial charge in [-0.3, -0.25) is 0 Å². The van der Waals surface area contributed by atoms with Gasteiger partial charge in [-0.1, -0.05) is 29.3 Å². The first-order chi connectivity index (χ1) is 9.20. The summed E-state index contributed by atoms with van der Waals surface area (Å²) < 4.78 is 38.1. The van der Waals surface area contributed by atoms with Gasteiger partial charge in [0.25, 0.3) is 0 Å². The zero-order chi connectivity index (χ0) is 15.1. The van der Waals surface area contributed by atoms with Gasteiger partial charge in [-0.15, -0.1) is 11.3 Å². The van der Waals surface area contributed by atoms with E-state index in [4.69, 9.17) is 28.3 Å². The van der Waals surface area contributed by atoms with Gasteiger partial charge in [0.2, 0.25) is 0 Å². The lowest BCUT2D eigenvalue weighted by Gasteiger charge is -2.02. The highest BCUT2D eigenvalue weighted by atomic mass is 35.5. The Morgan fingerprint density at radius 2 is 1.90 bits per heavy atom. The van der Waals surface area contributed by atoms with Crippen LogP contribution in [0.4, 0.5) is 13.2 Å². The third-order valence-electron chi connectivity index (χ3n) is 2.26. The number of carboxylic acids is 1. The minimum absolute atomic E-state index is 0.0895. The van der Waals surface area contributed by atoms with Gasteiger partial charge in [0.15, 0.2) is 5.69 Å². The van der Waals surface area contributed by atoms with Crippen molar-refractivity contribution in [1.82, 2.24) is 4.98 Å². The number of aromatic nitrogens is 1. The predicted molar refractivity (Wildman–Crippen MR) is 69.5 cm³/mol. The molecule has 0 aliphatic rings. The van der Waals surface area contributed by atoms with Gasteiger partial charge in [-0.25, -0.2) is 9.78 Å². The van der Waals surface area contributed by atoms with E-state index in [1.165, 1.54) is 18.2 Å². The molecule has 0 aliphatic carbocycles. The lowest BCUT2D eigenvalue weighted by atomic mass is 10.2. The second-order valence-electron chi connectivity index (χ2n) is 3.63. The molecule has 2 rings (SSSR count). The predicted octanol–water partition coefficient (Wildman–Crippen LogP) is 4.83. The number of hydrogen-bond donors (Lipinski definition) is 1. The summed E-state index contributed by atoms with van der Waals surface area (Å²) in [6.07, 6.45) is -4.83. The number of thiazole rings is 1. The van der Waals surface area contributed by atoms with E-state index in [1.807, 2.05) is 0 Å². The zero-order valence-corrected chi connectivity index (χ0v) is 11.7. The molecule has 1 aromatic heterocycles. The Kier molecular flexibility index (Phi) is 3.95. The Morgan fingerprint density at radius 1 is 1.25 bits per heavy atom. The molecule has 9 heteroatoms. The van der Waals surface area contributed by atoms with Crippen LogP contribution in [-0.2, 0) is 6.18 Å². The fourth-order valence-corrected chi connectivity index (χ4v) is 2.63. The molecule has 106 valence electrons. The second kappa shape index (κ2) is 5.23. The van der Waals surface area contributed by atoms with Gasteiger partial charge in [0, 0.05) is 5.56 Å². The molecule has 0 saturated heterocycles. The van der Waals surface area contributed by atoms with E-state index in [1.54, 1.807) is 0 Å². The van der Waals surface area contributed by atoms with Gasteiger partial charge >= 0.3 is 12.1 Å². The number of halogens is 5. The zero-order valence-electron chi connectivity index (χ0n) is 9.33. The van der Waals surface area contributed by atoms with Crippen LogP contribution in [0.15, 0.2) is 18.2 Å². The Bertz CT molecular complexity index is 685. The summed E-state index contributed by atoms with van der Waals surface area (Å²) in [6, 6.07) is 4.14. The number of aromatic carboxylic acids is 1. The molecule has 0 bridgehead atoms. The van der Waals surface area contributed by atoms with Crippen LogP contribution in [-0.4, -0.2) is 16.1 Å². The van der Waals surface area contributed by atoms with E-state index in [0.717, 1.165) is 0 Å². The van der Waals surface area contributed by atoms with Crippen LogP contribution in [0, 0.1) is 0 Å². The summed E-state index contributed by atoms with van der Waals surface area (Å²) in [5.74, 6) is -1.68. The minimum atomic E-state index is -4.83. The standard InChI is InChI=1S/C11H4Cl2F3NO2S/c12-5-2-1-4(3-6(5)13)9-17-8(11(14,15)16)7(20-9)10(18)19/h1-3H,(H,18,19). The largest absolute Gasteiger partial charge is 0.477 e. The molecule has 0 atom stereocenters. The number of benzene rings is 1. The number of nitrogens with zero attached hydrogens (tertiary/aromatic N) is 1. The lowest BCUT2D eigenvalue weighted by molar-refractivity contribution is -0.141. The molecule has 1 heterocycles. The van der Waals surface area contributed by atoms with Crippen molar-refractivity contribution in [1.29, 1.82) is 0 Å². The molecule has 0 aliphatic heterocycles. The van der Waals surface area contributed by atoms with Gasteiger partial charge < -0.3 is 5.11 Å². The fourth-order valence-electron chi connectivity index (χ4n) is 1.41. The summed E-state index contributed by atoms with van der Waals surface area (Å²) in [6.45, 7) is 0. The average Bonchev–Trinajstić information content (AvgIpc) is 2.77. The van der Waals surface area contributed by atoms with Crippen molar-refractivity contribution < 1.29 is 23.1 Å². The summed E-state index contributed by atoms with van der Waals surface area (Å²) in [7, 11) is 0. The molecule has 1 N–H and O–H groups in total. The van der Waals surface area contributed by atoms with Crippen LogP contribution in [0.3, 0.4) is 0 Å². The van der Waals surface area contributed by atoms with Crippen LogP contribution >= 0.6 is 34.5 Å². The number of carbonyl (C=O) groups is 1. The van der Waals surface area contributed by atoms with Crippen LogP contribution < -0.4 is 0 Å². The highest BCUT2D eigenvalue weighted by Gasteiger charge is 2.39. The van der Waals surface area contributed by atoms with E-state index in [-0.39, 0.29) is 20.6 Å². The number of rotatable bonds is 2. The Balaban J connectivity index is 2.58. The Morgan fingerprint density at radius 3 is 2.35 bits per heavy atom. The lowest BCUT2D eigenvalue weighted by Crippen LogP contribution is -2.11. The first kappa shape index (κ1) is 15.1. The summed E-state index contributed by atoms with van der Waals surface area (Å²) in [5.41, 5.74) is -1.15. The molecule has 0 amide bonds. The maximum absolute atomic E-state index is 12.7. The average molecular weight is 342 g/mol. The molecule has 3 nitrogen and oxygen atoms in total. The Hall–Kier alpha value is -1.31. The fraction of sp³-hybridized carbons (Fsp3) is 0.0909. The van der Waals surface area contributed by atoms with Crippen molar-refractivity contribution >= 4 is 40.5 Å². The molecule has 0 unspecified atom stereocenters. The minimum Gasteiger partial charge on any atom is -0.477 e. The van der Waals surface area contributed by atoms with E-state index < -0.39 is 22.7 Å². The normalized spacial score (nSPS) is 11.7. The van der Waals surface area contributed by atoms with Gasteiger partial charge in [-0.05, 0) is 12.1 Å². The quantitative estimate of drug-likeness (QED) is 0.850. The summed E-state index contributed by atoms with van der Waals surface area (Å²) >= 11 is 11.9. The SMILES string of the molecule is O=C(O)c1sc(-c2ccc(Cl)c(Cl)c2)nc1C(F)(F)F. The van der Waals surface area contributed by atoms with Crippen molar-refractivity contribution in [2.24, 2.45) is 0 Å². The maximum Gasteiger partial charge on any atom is 0.435 e. The van der Waals surface area contributed by atoms with Crippen molar-refractivity contribution in [2.45, 2.75) is 6.18 Å². The van der Waals surface area contributed by atoms with E-state index in [9.17, 15) is 18.0 Å². The van der Waals surface area contributed by atoms with Crippen molar-refractivity contribution in [2.75, 3.05) is 0 Å². The van der Waals surface area contributed by atoms with E-state index in [2.05, 4.69) is 4.98 Å². The van der Waals surface area contributed by atoms with Crippen molar-refractivity contribution in [3.63, 3.8) is 0 Å². The molecule has 0 saturated carbocycles. The summed E-state index contributed by atoms with van der Waals surface area (Å²) in [5, 5.41) is 9.10. The second-order valence-corrected chi connectivity index (χ2v) is 5.44. The number of hydrogen-bond acceptors (Lipinski definition) is 3.